The van der Waals surface area contributed by atoms with Gasteiger partial charge in [-0.1, -0.05) is 0 Å². The molecule has 1 aliphatic heterocycles. The molecule has 0 unspecified atom stereocenters. The zero-order chi connectivity index (χ0) is 21.8. The van der Waals surface area contributed by atoms with Crippen molar-refractivity contribution >= 4 is 22.2 Å². The van der Waals surface area contributed by atoms with Gasteiger partial charge in [0.05, 0.1) is 13.2 Å². The quantitative estimate of drug-likeness (QED) is 0.217. The van der Waals surface area contributed by atoms with Crippen molar-refractivity contribution in [1.82, 2.24) is 4.90 Å². The van der Waals surface area contributed by atoms with Crippen molar-refractivity contribution < 1.29 is 44.8 Å². The number of hydrogen-bond donors (Lipinski definition) is 0. The van der Waals surface area contributed by atoms with E-state index in [1.54, 1.807) is 20.8 Å². The van der Waals surface area contributed by atoms with Crippen molar-refractivity contribution in [2.24, 2.45) is 5.92 Å². The first kappa shape index (κ1) is 24.1. The lowest BCUT2D eigenvalue weighted by Gasteiger charge is -2.33. The topological polar surface area (TPSA) is 99.2 Å². The van der Waals surface area contributed by atoms with E-state index in [1.807, 2.05) is 0 Å². The van der Waals surface area contributed by atoms with Crippen LogP contribution in [0.3, 0.4) is 0 Å². The van der Waals surface area contributed by atoms with Gasteiger partial charge in [-0.05, 0) is 39.5 Å². The van der Waals surface area contributed by atoms with Gasteiger partial charge in [0.25, 0.3) is 0 Å². The number of methoxy groups -OCH3 is 1. The molecule has 8 nitrogen and oxygen atoms in total. The molecule has 0 aromatic rings. The minimum absolute atomic E-state index is 0.230. The molecule has 162 valence electrons. The molecule has 0 bridgehead atoms. The summed E-state index contributed by atoms with van der Waals surface area (Å²) in [6, 6.07) is 0. The number of esters is 1. The SMILES string of the molecule is COC(=O)/C=C(/CC1CCN(C(=O)OC(C)(C)C)CC1)OS(=O)(=O)C(F)(F)F. The number of carbonyl (C=O) groups is 2. The van der Waals surface area contributed by atoms with Crippen molar-refractivity contribution in [3.8, 4) is 0 Å². The van der Waals surface area contributed by atoms with E-state index < -0.39 is 39.0 Å². The Labute approximate surface area is 161 Å². The van der Waals surface area contributed by atoms with Crippen molar-refractivity contribution in [2.75, 3.05) is 20.2 Å². The molecule has 0 N–H and O–H groups in total. The van der Waals surface area contributed by atoms with Crippen LogP contribution >= 0.6 is 0 Å². The highest BCUT2D eigenvalue weighted by Gasteiger charge is 2.49. The fourth-order valence-electron chi connectivity index (χ4n) is 2.43. The Hall–Kier alpha value is -1.98. The van der Waals surface area contributed by atoms with E-state index in [9.17, 15) is 31.2 Å². The molecule has 1 saturated heterocycles. The maximum Gasteiger partial charge on any atom is 0.534 e. The predicted molar refractivity (Wildman–Crippen MR) is 91.3 cm³/mol. The molecule has 1 heterocycles. The second kappa shape index (κ2) is 9.01. The molecule has 28 heavy (non-hydrogen) atoms. The molecule has 1 rings (SSSR count). The van der Waals surface area contributed by atoms with Crippen LogP contribution in [0, 0.1) is 5.92 Å². The lowest BCUT2D eigenvalue weighted by atomic mass is 9.93. The molecule has 0 spiro atoms. The number of halogens is 3. The van der Waals surface area contributed by atoms with Gasteiger partial charge in [0, 0.05) is 19.5 Å². The van der Waals surface area contributed by atoms with Crippen molar-refractivity contribution in [1.29, 1.82) is 0 Å². The Morgan fingerprint density at radius 3 is 2.11 bits per heavy atom. The van der Waals surface area contributed by atoms with Gasteiger partial charge >= 0.3 is 27.7 Å². The van der Waals surface area contributed by atoms with Crippen LogP contribution in [0.5, 0.6) is 0 Å². The van der Waals surface area contributed by atoms with Crippen LogP contribution < -0.4 is 0 Å². The number of ether oxygens (including phenoxy) is 2. The van der Waals surface area contributed by atoms with E-state index >= 15 is 0 Å². The molecule has 0 aromatic carbocycles. The molecule has 0 aromatic heterocycles. The van der Waals surface area contributed by atoms with Gasteiger partial charge in [0.15, 0.2) is 0 Å². The first-order chi connectivity index (χ1) is 12.6. The maximum absolute atomic E-state index is 12.6. The lowest BCUT2D eigenvalue weighted by molar-refractivity contribution is -0.135. The molecule has 1 fully saturated rings. The summed E-state index contributed by atoms with van der Waals surface area (Å²) in [4.78, 5) is 24.8. The van der Waals surface area contributed by atoms with Gasteiger partial charge < -0.3 is 18.6 Å². The Balaban J connectivity index is 2.78. The van der Waals surface area contributed by atoms with Crippen LogP contribution in [0.1, 0.15) is 40.0 Å². The first-order valence-electron chi connectivity index (χ1n) is 8.42. The molecular weight excluding hydrogens is 407 g/mol. The van der Waals surface area contributed by atoms with Crippen molar-refractivity contribution in [3.05, 3.63) is 11.8 Å². The molecule has 1 amide bonds. The van der Waals surface area contributed by atoms with E-state index in [2.05, 4.69) is 8.92 Å². The Kier molecular flexibility index (Phi) is 7.74. The van der Waals surface area contributed by atoms with E-state index in [-0.39, 0.29) is 25.4 Å². The van der Waals surface area contributed by atoms with E-state index in [1.165, 1.54) is 4.90 Å². The van der Waals surface area contributed by atoms with Gasteiger partial charge in [-0.3, -0.25) is 0 Å². The Bertz CT molecular complexity index is 703. The Morgan fingerprint density at radius 2 is 1.68 bits per heavy atom. The molecule has 1 aliphatic rings. The highest BCUT2D eigenvalue weighted by Crippen LogP contribution is 2.31. The molecular formula is C16H24F3NO7S. The summed E-state index contributed by atoms with van der Waals surface area (Å²) in [7, 11) is -4.91. The van der Waals surface area contributed by atoms with Crippen LogP contribution in [-0.4, -0.2) is 56.7 Å². The van der Waals surface area contributed by atoms with Gasteiger partial charge in [0.2, 0.25) is 0 Å². The van der Waals surface area contributed by atoms with E-state index in [0.717, 1.165) is 7.11 Å². The van der Waals surface area contributed by atoms with E-state index in [0.29, 0.717) is 18.9 Å². The predicted octanol–water partition coefficient (Wildman–Crippen LogP) is 2.95. The fraction of sp³-hybridized carbons (Fsp3) is 0.750. The highest BCUT2D eigenvalue weighted by molar-refractivity contribution is 7.87. The van der Waals surface area contributed by atoms with Crippen LogP contribution in [0.4, 0.5) is 18.0 Å². The number of amides is 1. The third-order valence-electron chi connectivity index (χ3n) is 3.74. The van der Waals surface area contributed by atoms with Crippen molar-refractivity contribution in [2.45, 2.75) is 51.1 Å². The minimum Gasteiger partial charge on any atom is -0.466 e. The summed E-state index contributed by atoms with van der Waals surface area (Å²) in [5, 5.41) is 0. The normalized spacial score (nSPS) is 17.2. The summed E-state index contributed by atoms with van der Waals surface area (Å²) in [5.74, 6) is -2.00. The number of hydrogen-bond acceptors (Lipinski definition) is 7. The second-order valence-electron chi connectivity index (χ2n) is 7.23. The largest absolute Gasteiger partial charge is 0.534 e. The monoisotopic (exact) mass is 431 g/mol. The third kappa shape index (κ3) is 7.56. The smallest absolute Gasteiger partial charge is 0.466 e. The highest BCUT2D eigenvalue weighted by atomic mass is 32.2. The lowest BCUT2D eigenvalue weighted by Crippen LogP contribution is -2.41. The average molecular weight is 431 g/mol. The number of nitrogens with zero attached hydrogens (tertiary/aromatic N) is 1. The standard InChI is InChI=1S/C16H24F3NO7S/c1-15(2,3)26-14(22)20-7-5-11(6-8-20)9-12(10-13(21)25-4)27-28(23,24)16(17,18)19/h10-11H,5-9H2,1-4H3/b12-10-. The van der Waals surface area contributed by atoms with E-state index in [4.69, 9.17) is 4.74 Å². The van der Waals surface area contributed by atoms with Gasteiger partial charge in [-0.15, -0.1) is 0 Å². The molecule has 0 aliphatic carbocycles. The number of likely N-dealkylation sites (tertiary alicyclic amines) is 1. The zero-order valence-corrected chi connectivity index (χ0v) is 16.9. The van der Waals surface area contributed by atoms with Crippen LogP contribution in [0.25, 0.3) is 0 Å². The van der Waals surface area contributed by atoms with Gasteiger partial charge in [-0.2, -0.15) is 21.6 Å². The van der Waals surface area contributed by atoms with Crippen LogP contribution in [-0.2, 0) is 28.6 Å². The average Bonchev–Trinajstić information content (AvgIpc) is 2.52. The summed E-state index contributed by atoms with van der Waals surface area (Å²) in [5.41, 5.74) is -6.29. The number of rotatable bonds is 5. The zero-order valence-electron chi connectivity index (χ0n) is 16.0. The summed E-state index contributed by atoms with van der Waals surface area (Å²) >= 11 is 0. The number of alkyl halides is 3. The summed E-state index contributed by atoms with van der Waals surface area (Å²) < 4.78 is 73.8. The summed E-state index contributed by atoms with van der Waals surface area (Å²) in [6.07, 6.45) is 0.573. The third-order valence-corrected chi connectivity index (χ3v) is 4.74. The molecule has 0 atom stereocenters. The molecule has 0 radical (unpaired) electrons. The number of carbonyl (C=O) groups excluding carboxylic acids is 2. The van der Waals surface area contributed by atoms with Gasteiger partial charge in [0.1, 0.15) is 11.4 Å². The van der Waals surface area contributed by atoms with Gasteiger partial charge in [-0.25, -0.2) is 9.59 Å². The second-order valence-corrected chi connectivity index (χ2v) is 8.77. The number of allylic oxidation sites excluding steroid dienone is 1. The summed E-state index contributed by atoms with van der Waals surface area (Å²) in [6.45, 7) is 5.72. The fourth-order valence-corrected chi connectivity index (χ4v) is 2.92. The van der Waals surface area contributed by atoms with Crippen molar-refractivity contribution in [3.63, 3.8) is 0 Å². The Morgan fingerprint density at radius 1 is 1.14 bits per heavy atom. The van der Waals surface area contributed by atoms with Crippen LogP contribution in [0.15, 0.2) is 11.8 Å². The maximum atomic E-state index is 12.6. The minimum atomic E-state index is -5.91. The molecule has 0 saturated carbocycles. The van der Waals surface area contributed by atoms with Crippen LogP contribution in [0.2, 0.25) is 0 Å². The number of piperidine rings is 1. The first-order valence-corrected chi connectivity index (χ1v) is 9.82. The molecule has 12 heteroatoms.